The molecule has 0 radical (unpaired) electrons. The van der Waals surface area contributed by atoms with E-state index in [4.69, 9.17) is 10.5 Å². The maximum Gasteiger partial charge on any atom is 0.241 e. The fourth-order valence-electron chi connectivity index (χ4n) is 3.19. The number of rotatable bonds is 5. The third-order valence-electron chi connectivity index (χ3n) is 4.79. The molecule has 1 unspecified atom stereocenters. The first-order valence-corrected chi connectivity index (χ1v) is 8.61. The molecule has 0 spiro atoms. The molecule has 142 valence electrons. The van der Waals surface area contributed by atoms with Crippen molar-refractivity contribution in [3.63, 3.8) is 0 Å². The first-order chi connectivity index (χ1) is 12.0. The molecular weight excluding hydrogens is 358 g/mol. The van der Waals surface area contributed by atoms with Crippen LogP contribution in [-0.2, 0) is 25.7 Å². The molecule has 2 heterocycles. The van der Waals surface area contributed by atoms with Crippen LogP contribution in [0.3, 0.4) is 0 Å². The Balaban J connectivity index is 0.00000243. The summed E-state index contributed by atoms with van der Waals surface area (Å²) < 4.78 is 5.29. The number of nitrogens with zero attached hydrogens (tertiary/aromatic N) is 1. The highest BCUT2D eigenvalue weighted by molar-refractivity contribution is 6.01. The summed E-state index contributed by atoms with van der Waals surface area (Å²) in [5, 5.41) is 2.83. The number of carbonyl (C=O) groups is 3. The van der Waals surface area contributed by atoms with E-state index in [-0.39, 0.29) is 55.4 Å². The van der Waals surface area contributed by atoms with Crippen LogP contribution in [0.5, 0.6) is 0 Å². The van der Waals surface area contributed by atoms with Crippen molar-refractivity contribution < 1.29 is 19.1 Å². The van der Waals surface area contributed by atoms with Gasteiger partial charge in [0.1, 0.15) is 0 Å². The zero-order valence-corrected chi connectivity index (χ0v) is 15.3. The van der Waals surface area contributed by atoms with E-state index in [1.54, 1.807) is 24.3 Å². The zero-order valence-electron chi connectivity index (χ0n) is 14.5. The number of likely N-dealkylation sites (tertiary alicyclic amines) is 1. The quantitative estimate of drug-likeness (QED) is 0.751. The summed E-state index contributed by atoms with van der Waals surface area (Å²) >= 11 is 0. The Hall–Kier alpha value is -1.96. The summed E-state index contributed by atoms with van der Waals surface area (Å²) in [5.41, 5.74) is 7.55. The second-order valence-corrected chi connectivity index (χ2v) is 6.54. The molecule has 1 aromatic carbocycles. The number of nitrogens with two attached hydrogens (primary N) is 1. The van der Waals surface area contributed by atoms with Gasteiger partial charge in [-0.2, -0.15) is 0 Å². The van der Waals surface area contributed by atoms with Gasteiger partial charge in [0.05, 0.1) is 12.6 Å². The lowest BCUT2D eigenvalue weighted by molar-refractivity contribution is -0.139. The van der Waals surface area contributed by atoms with Crippen molar-refractivity contribution in [2.75, 3.05) is 18.5 Å². The van der Waals surface area contributed by atoms with Crippen molar-refractivity contribution >= 4 is 35.8 Å². The topological polar surface area (TPSA) is 102 Å². The number of hydrogen-bond acceptors (Lipinski definition) is 5. The molecule has 7 nitrogen and oxygen atoms in total. The predicted octanol–water partition coefficient (Wildman–Crippen LogP) is 1.45. The molecule has 8 heteroatoms. The lowest BCUT2D eigenvalue weighted by atomic mass is 9.92. The fourth-order valence-corrected chi connectivity index (χ4v) is 3.19. The van der Waals surface area contributed by atoms with Crippen molar-refractivity contribution in [3.05, 3.63) is 29.8 Å². The third-order valence-corrected chi connectivity index (χ3v) is 4.79. The van der Waals surface area contributed by atoms with Crippen molar-refractivity contribution in [2.24, 2.45) is 11.7 Å². The van der Waals surface area contributed by atoms with E-state index in [0.717, 1.165) is 18.4 Å². The summed E-state index contributed by atoms with van der Waals surface area (Å²) in [4.78, 5) is 36.9. The van der Waals surface area contributed by atoms with Gasteiger partial charge in [-0.1, -0.05) is 12.1 Å². The monoisotopic (exact) mass is 381 g/mol. The first-order valence-electron chi connectivity index (χ1n) is 8.61. The van der Waals surface area contributed by atoms with E-state index in [0.29, 0.717) is 18.9 Å². The van der Waals surface area contributed by atoms with E-state index >= 15 is 0 Å². The Kier molecular flexibility index (Phi) is 7.14. The number of hydrogen-bond donors (Lipinski definition) is 2. The number of carbonyl (C=O) groups excluding carboxylic acids is 3. The standard InChI is InChI=1S/C18H23N3O4.ClH/c19-17(13-7-9-25-10-8-13)18(24)20-14-3-1-12(2-4-14)11-21-15(22)5-6-16(21)23;/h1-4,13,17H,5-11,19H2,(H,20,24);1H. The largest absolute Gasteiger partial charge is 0.381 e. The molecule has 1 atom stereocenters. The second-order valence-electron chi connectivity index (χ2n) is 6.54. The molecule has 1 aromatic rings. The maximum atomic E-state index is 12.3. The van der Waals surface area contributed by atoms with Gasteiger partial charge in [0, 0.05) is 31.7 Å². The number of ether oxygens (including phenoxy) is 1. The van der Waals surface area contributed by atoms with Gasteiger partial charge in [-0.25, -0.2) is 0 Å². The number of anilines is 1. The molecular formula is C18H24ClN3O4. The van der Waals surface area contributed by atoms with E-state index in [9.17, 15) is 14.4 Å². The highest BCUT2D eigenvalue weighted by Gasteiger charge is 2.29. The van der Waals surface area contributed by atoms with Crippen molar-refractivity contribution in [1.29, 1.82) is 0 Å². The minimum atomic E-state index is -0.552. The van der Waals surface area contributed by atoms with Crippen molar-refractivity contribution in [3.8, 4) is 0 Å². The summed E-state index contributed by atoms with van der Waals surface area (Å²) in [5.74, 6) is -0.334. The van der Waals surface area contributed by atoms with Crippen LogP contribution < -0.4 is 11.1 Å². The molecule has 2 aliphatic heterocycles. The number of imide groups is 1. The van der Waals surface area contributed by atoms with Gasteiger partial charge in [0.2, 0.25) is 17.7 Å². The number of halogens is 1. The van der Waals surface area contributed by atoms with Crippen LogP contribution in [0.25, 0.3) is 0 Å². The molecule has 3 N–H and O–H groups in total. The van der Waals surface area contributed by atoms with Gasteiger partial charge < -0.3 is 15.8 Å². The Morgan fingerprint density at radius 1 is 1.15 bits per heavy atom. The molecule has 0 aromatic heterocycles. The van der Waals surface area contributed by atoms with Crippen molar-refractivity contribution in [2.45, 2.75) is 38.3 Å². The van der Waals surface area contributed by atoms with Crippen molar-refractivity contribution in [1.82, 2.24) is 4.90 Å². The Labute approximate surface area is 158 Å². The summed E-state index contributed by atoms with van der Waals surface area (Å²) in [6.45, 7) is 1.57. The van der Waals surface area contributed by atoms with Crippen LogP contribution in [0.1, 0.15) is 31.2 Å². The molecule has 0 saturated carbocycles. The molecule has 2 fully saturated rings. The van der Waals surface area contributed by atoms with Gasteiger partial charge in [0.15, 0.2) is 0 Å². The molecule has 3 amide bonds. The molecule has 0 aliphatic carbocycles. The van der Waals surface area contributed by atoms with Crippen LogP contribution in [-0.4, -0.2) is 41.9 Å². The lowest BCUT2D eigenvalue weighted by Crippen LogP contribution is -2.44. The van der Waals surface area contributed by atoms with Gasteiger partial charge in [-0.05, 0) is 36.5 Å². The van der Waals surface area contributed by atoms with E-state index in [1.807, 2.05) is 0 Å². The van der Waals surface area contributed by atoms with Crippen LogP contribution in [0.15, 0.2) is 24.3 Å². The smallest absolute Gasteiger partial charge is 0.241 e. The highest BCUT2D eigenvalue weighted by Crippen LogP contribution is 2.20. The minimum Gasteiger partial charge on any atom is -0.381 e. The average Bonchev–Trinajstić information content (AvgIpc) is 2.95. The van der Waals surface area contributed by atoms with Crippen LogP contribution in [0.4, 0.5) is 5.69 Å². The van der Waals surface area contributed by atoms with Gasteiger partial charge in [-0.15, -0.1) is 12.4 Å². The average molecular weight is 382 g/mol. The van der Waals surface area contributed by atoms with Crippen LogP contribution >= 0.6 is 12.4 Å². The minimum absolute atomic E-state index is 0. The fraction of sp³-hybridized carbons (Fsp3) is 0.500. The first kappa shape index (κ1) is 20.4. The normalized spacial score (nSPS) is 19.2. The van der Waals surface area contributed by atoms with Crippen LogP contribution in [0, 0.1) is 5.92 Å². The van der Waals surface area contributed by atoms with Gasteiger partial charge in [0.25, 0.3) is 0 Å². The molecule has 3 rings (SSSR count). The van der Waals surface area contributed by atoms with Gasteiger partial charge >= 0.3 is 0 Å². The Morgan fingerprint density at radius 3 is 2.31 bits per heavy atom. The number of amides is 3. The summed E-state index contributed by atoms with van der Waals surface area (Å²) in [6, 6.07) is 6.57. The molecule has 26 heavy (non-hydrogen) atoms. The number of nitrogens with one attached hydrogen (secondary N) is 1. The lowest BCUT2D eigenvalue weighted by Gasteiger charge is -2.26. The Bertz CT molecular complexity index is 643. The molecule has 0 bridgehead atoms. The van der Waals surface area contributed by atoms with Gasteiger partial charge in [-0.3, -0.25) is 19.3 Å². The SMILES string of the molecule is Cl.NC(C(=O)Nc1ccc(CN2C(=O)CCC2=O)cc1)C1CCOCC1. The molecule has 2 aliphatic rings. The second kappa shape index (κ2) is 9.12. The van der Waals surface area contributed by atoms with E-state index in [2.05, 4.69) is 5.32 Å². The van der Waals surface area contributed by atoms with E-state index in [1.165, 1.54) is 4.90 Å². The van der Waals surface area contributed by atoms with Crippen LogP contribution in [0.2, 0.25) is 0 Å². The van der Waals surface area contributed by atoms with E-state index < -0.39 is 6.04 Å². The Morgan fingerprint density at radius 2 is 1.73 bits per heavy atom. The zero-order chi connectivity index (χ0) is 17.8. The predicted molar refractivity (Wildman–Crippen MR) is 98.6 cm³/mol. The number of benzene rings is 1. The third kappa shape index (κ3) is 4.81. The summed E-state index contributed by atoms with van der Waals surface area (Å²) in [6.07, 6.45) is 2.17. The highest BCUT2D eigenvalue weighted by atomic mass is 35.5. The molecule has 2 saturated heterocycles. The summed E-state index contributed by atoms with van der Waals surface area (Å²) in [7, 11) is 0. The maximum absolute atomic E-state index is 12.3.